The summed E-state index contributed by atoms with van der Waals surface area (Å²) < 4.78 is 0. The van der Waals surface area contributed by atoms with Gasteiger partial charge >= 0.3 is 5.97 Å². The van der Waals surface area contributed by atoms with Gasteiger partial charge in [0.05, 0.1) is 0 Å². The van der Waals surface area contributed by atoms with Crippen LogP contribution in [-0.4, -0.2) is 23.5 Å². The standard InChI is InChI=1S/C11H13NO3/c13-8-12-10(11(14)15)7-9-5-3-1-2-4-6-9/h1,3-6,8,10H,2,7H2,(H,12,13)(H,14,15). The third kappa shape index (κ3) is 3.81. The van der Waals surface area contributed by atoms with Crippen LogP contribution in [0.25, 0.3) is 0 Å². The molecule has 4 heteroatoms. The Morgan fingerprint density at radius 1 is 1.60 bits per heavy atom. The smallest absolute Gasteiger partial charge is 0.326 e. The van der Waals surface area contributed by atoms with Crippen LogP contribution in [0.5, 0.6) is 0 Å². The lowest BCUT2D eigenvalue weighted by atomic mass is 10.1. The molecule has 1 atom stereocenters. The minimum atomic E-state index is -1.02. The maximum absolute atomic E-state index is 10.8. The summed E-state index contributed by atoms with van der Waals surface area (Å²) in [6.45, 7) is 0. The summed E-state index contributed by atoms with van der Waals surface area (Å²) in [5, 5.41) is 11.1. The van der Waals surface area contributed by atoms with Gasteiger partial charge in [-0.1, -0.05) is 30.4 Å². The molecular weight excluding hydrogens is 194 g/mol. The van der Waals surface area contributed by atoms with Crippen LogP contribution < -0.4 is 5.32 Å². The van der Waals surface area contributed by atoms with Crippen molar-refractivity contribution in [1.82, 2.24) is 5.32 Å². The van der Waals surface area contributed by atoms with E-state index in [1.165, 1.54) is 0 Å². The number of allylic oxidation sites excluding steroid dienone is 5. The lowest BCUT2D eigenvalue weighted by Crippen LogP contribution is -2.35. The van der Waals surface area contributed by atoms with Crippen LogP contribution in [0, 0.1) is 0 Å². The molecule has 0 fully saturated rings. The highest BCUT2D eigenvalue weighted by Gasteiger charge is 2.16. The van der Waals surface area contributed by atoms with Crippen molar-refractivity contribution >= 4 is 12.4 Å². The van der Waals surface area contributed by atoms with Crippen molar-refractivity contribution < 1.29 is 14.7 Å². The Morgan fingerprint density at radius 2 is 2.40 bits per heavy atom. The number of carbonyl (C=O) groups is 2. The highest BCUT2D eigenvalue weighted by Crippen LogP contribution is 2.11. The average molecular weight is 207 g/mol. The Hall–Kier alpha value is -1.84. The van der Waals surface area contributed by atoms with Crippen LogP contribution in [0.2, 0.25) is 0 Å². The van der Waals surface area contributed by atoms with E-state index in [4.69, 9.17) is 5.11 Å². The Bertz CT molecular complexity index is 329. The lowest BCUT2D eigenvalue weighted by molar-refractivity contribution is -0.140. The summed E-state index contributed by atoms with van der Waals surface area (Å²) in [6.07, 6.45) is 11.1. The Labute approximate surface area is 88.0 Å². The highest BCUT2D eigenvalue weighted by atomic mass is 16.4. The largest absolute Gasteiger partial charge is 0.480 e. The van der Waals surface area contributed by atoms with Gasteiger partial charge in [0.15, 0.2) is 0 Å². The fourth-order valence-corrected chi connectivity index (χ4v) is 1.30. The molecule has 80 valence electrons. The predicted molar refractivity (Wildman–Crippen MR) is 56.2 cm³/mol. The molecule has 1 amide bonds. The van der Waals surface area contributed by atoms with Gasteiger partial charge in [0.1, 0.15) is 6.04 Å². The molecule has 0 aromatic rings. The minimum Gasteiger partial charge on any atom is -0.480 e. The first-order valence-corrected chi connectivity index (χ1v) is 4.69. The molecule has 0 spiro atoms. The van der Waals surface area contributed by atoms with Crippen molar-refractivity contribution in [2.75, 3.05) is 0 Å². The van der Waals surface area contributed by atoms with E-state index in [0.29, 0.717) is 12.8 Å². The normalized spacial score (nSPS) is 16.4. The molecule has 1 aliphatic carbocycles. The van der Waals surface area contributed by atoms with E-state index in [2.05, 4.69) is 5.32 Å². The van der Waals surface area contributed by atoms with Crippen molar-refractivity contribution in [3.05, 3.63) is 36.0 Å². The summed E-state index contributed by atoms with van der Waals surface area (Å²) in [6, 6.07) is -0.857. The second-order valence-corrected chi connectivity index (χ2v) is 3.19. The van der Waals surface area contributed by atoms with Gasteiger partial charge in [-0.3, -0.25) is 4.79 Å². The third-order valence-electron chi connectivity index (χ3n) is 2.06. The van der Waals surface area contributed by atoms with Crippen LogP contribution in [0.4, 0.5) is 0 Å². The first kappa shape index (κ1) is 11.2. The van der Waals surface area contributed by atoms with E-state index in [-0.39, 0.29) is 0 Å². The van der Waals surface area contributed by atoms with Crippen LogP contribution >= 0.6 is 0 Å². The monoisotopic (exact) mass is 207 g/mol. The van der Waals surface area contributed by atoms with Gasteiger partial charge in [-0.05, 0) is 12.0 Å². The van der Waals surface area contributed by atoms with Crippen LogP contribution in [0.1, 0.15) is 12.8 Å². The summed E-state index contributed by atoms with van der Waals surface area (Å²) in [5.41, 5.74) is 0.894. The molecular formula is C11H13NO3. The molecule has 0 radical (unpaired) electrons. The van der Waals surface area contributed by atoms with E-state index < -0.39 is 12.0 Å². The SMILES string of the molecule is O=CNC(CC1=CC=CCC=C1)C(=O)O. The second kappa shape index (κ2) is 5.80. The number of carbonyl (C=O) groups excluding carboxylic acids is 1. The zero-order chi connectivity index (χ0) is 11.1. The molecule has 1 aliphatic rings. The molecule has 0 aliphatic heterocycles. The summed E-state index contributed by atoms with van der Waals surface area (Å²) in [7, 11) is 0. The Kier molecular flexibility index (Phi) is 4.34. The molecule has 1 unspecified atom stereocenters. The first-order chi connectivity index (χ1) is 7.24. The van der Waals surface area contributed by atoms with Gasteiger partial charge in [-0.2, -0.15) is 0 Å². The van der Waals surface area contributed by atoms with E-state index in [9.17, 15) is 9.59 Å². The van der Waals surface area contributed by atoms with E-state index in [1.807, 2.05) is 30.4 Å². The van der Waals surface area contributed by atoms with Crippen LogP contribution in [0.3, 0.4) is 0 Å². The topological polar surface area (TPSA) is 66.4 Å². The van der Waals surface area contributed by atoms with Crippen LogP contribution in [0.15, 0.2) is 36.0 Å². The maximum Gasteiger partial charge on any atom is 0.326 e. The maximum atomic E-state index is 10.8. The molecule has 0 aromatic heterocycles. The first-order valence-electron chi connectivity index (χ1n) is 4.69. The van der Waals surface area contributed by atoms with Crippen molar-refractivity contribution in [3.8, 4) is 0 Å². The lowest BCUT2D eigenvalue weighted by Gasteiger charge is -2.10. The Balaban J connectivity index is 2.64. The number of amides is 1. The van der Waals surface area contributed by atoms with Crippen molar-refractivity contribution in [1.29, 1.82) is 0 Å². The van der Waals surface area contributed by atoms with Crippen molar-refractivity contribution in [2.24, 2.45) is 0 Å². The number of nitrogens with one attached hydrogen (secondary N) is 1. The zero-order valence-electron chi connectivity index (χ0n) is 8.22. The van der Waals surface area contributed by atoms with E-state index in [0.717, 1.165) is 12.0 Å². The van der Waals surface area contributed by atoms with E-state index in [1.54, 1.807) is 0 Å². The van der Waals surface area contributed by atoms with Crippen LogP contribution in [-0.2, 0) is 9.59 Å². The molecule has 1 rings (SSSR count). The number of hydrogen-bond acceptors (Lipinski definition) is 2. The third-order valence-corrected chi connectivity index (χ3v) is 2.06. The minimum absolute atomic E-state index is 0.301. The Morgan fingerprint density at radius 3 is 3.07 bits per heavy atom. The number of hydrogen-bond donors (Lipinski definition) is 2. The van der Waals surface area contributed by atoms with Gasteiger partial charge in [-0.25, -0.2) is 4.79 Å². The fourth-order valence-electron chi connectivity index (χ4n) is 1.30. The van der Waals surface area contributed by atoms with Gasteiger partial charge in [-0.15, -0.1) is 0 Å². The average Bonchev–Trinajstić information content (AvgIpc) is 2.45. The zero-order valence-corrected chi connectivity index (χ0v) is 8.22. The number of carboxylic acids is 1. The number of carboxylic acid groups (broad SMARTS) is 1. The predicted octanol–water partition coefficient (Wildman–Crippen LogP) is 1.02. The summed E-state index contributed by atoms with van der Waals surface area (Å²) >= 11 is 0. The van der Waals surface area contributed by atoms with Gasteiger partial charge in [0.2, 0.25) is 6.41 Å². The van der Waals surface area contributed by atoms with Gasteiger partial charge in [0, 0.05) is 6.42 Å². The van der Waals surface area contributed by atoms with Gasteiger partial charge in [0.25, 0.3) is 0 Å². The molecule has 0 aromatic carbocycles. The number of aliphatic carboxylic acids is 1. The summed E-state index contributed by atoms with van der Waals surface area (Å²) in [5.74, 6) is -1.02. The number of rotatable bonds is 5. The molecule has 0 bridgehead atoms. The fraction of sp³-hybridized carbons (Fsp3) is 0.273. The molecule has 0 saturated carbocycles. The molecule has 2 N–H and O–H groups in total. The van der Waals surface area contributed by atoms with Gasteiger partial charge < -0.3 is 10.4 Å². The quantitative estimate of drug-likeness (QED) is 0.661. The highest BCUT2D eigenvalue weighted by molar-refractivity contribution is 5.76. The van der Waals surface area contributed by atoms with Crippen molar-refractivity contribution in [3.63, 3.8) is 0 Å². The van der Waals surface area contributed by atoms with Crippen molar-refractivity contribution in [2.45, 2.75) is 18.9 Å². The molecule has 0 saturated heterocycles. The molecule has 0 heterocycles. The molecule has 4 nitrogen and oxygen atoms in total. The molecule has 15 heavy (non-hydrogen) atoms. The van der Waals surface area contributed by atoms with E-state index >= 15 is 0 Å². The second-order valence-electron chi connectivity index (χ2n) is 3.19. The summed E-state index contributed by atoms with van der Waals surface area (Å²) in [4.78, 5) is 21.0.